The fourth-order valence-corrected chi connectivity index (χ4v) is 4.56. The smallest absolute Gasteiger partial charge is 0.171 e. The summed E-state index contributed by atoms with van der Waals surface area (Å²) in [6.45, 7) is 14.2. The third-order valence-electron chi connectivity index (χ3n) is 6.52. The Kier molecular flexibility index (Phi) is 10.0. The SMILES string of the molecule is C=CCc1cccc(Cc2ccc(C=C=C(C(=O)CCCC)C3=C(C)C=CCC=C3C=C)c(C)c2)c1. The Bertz CT molecular complexity index is 1290. The Morgan fingerprint density at radius 2 is 1.83 bits per heavy atom. The van der Waals surface area contributed by atoms with E-state index >= 15 is 0 Å². The zero-order valence-corrected chi connectivity index (χ0v) is 22.1. The topological polar surface area (TPSA) is 17.1 Å². The average molecular weight is 475 g/mol. The summed E-state index contributed by atoms with van der Waals surface area (Å²) >= 11 is 0. The van der Waals surface area contributed by atoms with Gasteiger partial charge in [-0.3, -0.25) is 4.79 Å². The average Bonchev–Trinajstić information content (AvgIpc) is 3.05. The van der Waals surface area contributed by atoms with E-state index < -0.39 is 0 Å². The molecule has 0 radical (unpaired) electrons. The van der Waals surface area contributed by atoms with E-state index in [0.29, 0.717) is 12.0 Å². The molecule has 0 saturated heterocycles. The maximum absolute atomic E-state index is 13.3. The van der Waals surface area contributed by atoms with Crippen LogP contribution in [0.2, 0.25) is 0 Å². The summed E-state index contributed by atoms with van der Waals surface area (Å²) in [7, 11) is 0. The Hall–Kier alpha value is -3.67. The second-order valence-electron chi connectivity index (χ2n) is 9.43. The van der Waals surface area contributed by atoms with Gasteiger partial charge in [-0.05, 0) is 84.6 Å². The normalized spacial score (nSPS) is 12.9. The van der Waals surface area contributed by atoms with Crippen LogP contribution in [0.15, 0.2) is 114 Å². The summed E-state index contributed by atoms with van der Waals surface area (Å²) < 4.78 is 0. The summed E-state index contributed by atoms with van der Waals surface area (Å²) in [6.07, 6.45) is 17.1. The fourth-order valence-electron chi connectivity index (χ4n) is 4.56. The number of aryl methyl sites for hydroxylation is 1. The van der Waals surface area contributed by atoms with Crippen LogP contribution >= 0.6 is 0 Å². The first-order valence-corrected chi connectivity index (χ1v) is 13.0. The lowest BCUT2D eigenvalue weighted by Crippen LogP contribution is -2.07. The van der Waals surface area contributed by atoms with Crippen molar-refractivity contribution in [3.8, 4) is 0 Å². The van der Waals surface area contributed by atoms with Crippen LogP contribution in [-0.2, 0) is 17.6 Å². The van der Waals surface area contributed by atoms with Gasteiger partial charge < -0.3 is 0 Å². The summed E-state index contributed by atoms with van der Waals surface area (Å²) in [5.41, 5.74) is 13.2. The van der Waals surface area contributed by atoms with Gasteiger partial charge in [0, 0.05) is 12.0 Å². The van der Waals surface area contributed by atoms with Gasteiger partial charge in [0.15, 0.2) is 5.78 Å². The highest BCUT2D eigenvalue weighted by Gasteiger charge is 2.19. The van der Waals surface area contributed by atoms with Crippen molar-refractivity contribution in [1.82, 2.24) is 0 Å². The molecule has 0 fully saturated rings. The molecule has 0 saturated carbocycles. The molecule has 0 atom stereocenters. The molecule has 0 amide bonds. The fraction of sp³-hybridized carbons (Fsp3) is 0.257. The highest BCUT2D eigenvalue weighted by Crippen LogP contribution is 2.29. The molecule has 1 nitrogen and oxygen atoms in total. The van der Waals surface area contributed by atoms with Gasteiger partial charge in [0.1, 0.15) is 0 Å². The van der Waals surface area contributed by atoms with Crippen LogP contribution in [0.1, 0.15) is 67.3 Å². The van der Waals surface area contributed by atoms with Gasteiger partial charge in [0.2, 0.25) is 0 Å². The quantitative estimate of drug-likeness (QED) is 0.180. The Labute approximate surface area is 217 Å². The van der Waals surface area contributed by atoms with Crippen LogP contribution in [0.25, 0.3) is 6.08 Å². The lowest BCUT2D eigenvalue weighted by molar-refractivity contribution is -0.115. The number of ketones is 1. The third-order valence-corrected chi connectivity index (χ3v) is 6.52. The molecule has 2 aromatic carbocycles. The molecule has 0 unspecified atom stereocenters. The van der Waals surface area contributed by atoms with Gasteiger partial charge in [0.05, 0.1) is 5.57 Å². The lowest BCUT2D eigenvalue weighted by Gasteiger charge is -2.13. The zero-order valence-electron chi connectivity index (χ0n) is 22.1. The van der Waals surface area contributed by atoms with Crippen LogP contribution < -0.4 is 0 Å². The number of allylic oxidation sites excluding steroid dienone is 9. The molecule has 1 aliphatic carbocycles. The minimum absolute atomic E-state index is 0.138. The largest absolute Gasteiger partial charge is 0.293 e. The van der Waals surface area contributed by atoms with E-state index in [1.807, 2.05) is 18.2 Å². The maximum atomic E-state index is 13.3. The first kappa shape index (κ1) is 26.9. The molecule has 1 aliphatic rings. The van der Waals surface area contributed by atoms with Crippen molar-refractivity contribution in [2.24, 2.45) is 0 Å². The minimum atomic E-state index is 0.138. The summed E-state index contributed by atoms with van der Waals surface area (Å²) in [5.74, 6) is 0.138. The number of hydrogen-bond donors (Lipinski definition) is 0. The van der Waals surface area contributed by atoms with Crippen LogP contribution in [0.5, 0.6) is 0 Å². The molecule has 36 heavy (non-hydrogen) atoms. The molecule has 0 aliphatic heterocycles. The predicted molar refractivity (Wildman–Crippen MR) is 155 cm³/mol. The summed E-state index contributed by atoms with van der Waals surface area (Å²) in [6, 6.07) is 15.2. The molecule has 0 spiro atoms. The standard InChI is InChI=1S/C35H38O/c1-6-9-18-34(36)33(35-26(4)14-10-11-17-31(35)8-3)22-21-32-20-19-30(23-27(32)5)25-29-16-12-15-28(24-29)13-7-2/h7-8,10,12,14-17,19-21,23-24H,2-3,6,9,11,13,18,25H2,1,4-5H3. The third kappa shape index (κ3) is 7.17. The minimum Gasteiger partial charge on any atom is -0.293 e. The second-order valence-corrected chi connectivity index (χ2v) is 9.43. The first-order chi connectivity index (χ1) is 17.5. The Morgan fingerprint density at radius 1 is 1.06 bits per heavy atom. The van der Waals surface area contributed by atoms with E-state index in [4.69, 9.17) is 0 Å². The molecule has 2 aromatic rings. The molecule has 0 N–H and O–H groups in total. The van der Waals surface area contributed by atoms with Gasteiger partial charge in [-0.25, -0.2) is 0 Å². The molecular formula is C35H38O. The molecule has 184 valence electrons. The zero-order chi connectivity index (χ0) is 25.9. The second kappa shape index (κ2) is 13.4. The molecule has 1 heteroatoms. The number of hydrogen-bond acceptors (Lipinski definition) is 1. The van der Waals surface area contributed by atoms with Gasteiger partial charge in [-0.1, -0.05) is 92.8 Å². The Morgan fingerprint density at radius 3 is 2.56 bits per heavy atom. The van der Waals surface area contributed by atoms with E-state index in [1.54, 1.807) is 0 Å². The van der Waals surface area contributed by atoms with E-state index in [9.17, 15) is 4.79 Å². The van der Waals surface area contributed by atoms with Gasteiger partial charge in [0.25, 0.3) is 0 Å². The molecular weight excluding hydrogens is 436 g/mol. The van der Waals surface area contributed by atoms with E-state index in [0.717, 1.165) is 54.4 Å². The number of unbranched alkanes of at least 4 members (excludes halogenated alkanes) is 1. The number of rotatable bonds is 11. The van der Waals surface area contributed by atoms with E-state index in [-0.39, 0.29) is 5.78 Å². The van der Waals surface area contributed by atoms with Crippen molar-refractivity contribution in [3.05, 3.63) is 142 Å². The van der Waals surface area contributed by atoms with Crippen molar-refractivity contribution >= 4 is 11.9 Å². The monoisotopic (exact) mass is 474 g/mol. The van der Waals surface area contributed by atoms with Gasteiger partial charge in [-0.2, -0.15) is 0 Å². The maximum Gasteiger partial charge on any atom is 0.171 e. The van der Waals surface area contributed by atoms with Crippen LogP contribution in [0.3, 0.4) is 0 Å². The van der Waals surface area contributed by atoms with Crippen molar-refractivity contribution in [2.45, 2.75) is 59.3 Å². The molecule has 0 heterocycles. The van der Waals surface area contributed by atoms with Crippen molar-refractivity contribution < 1.29 is 4.79 Å². The van der Waals surface area contributed by atoms with Gasteiger partial charge >= 0.3 is 0 Å². The number of carbonyl (C=O) groups excluding carboxylic acids is 1. The number of Topliss-reactive ketones (excluding diaryl/α,β-unsaturated/α-hetero) is 1. The molecule has 0 aromatic heterocycles. The van der Waals surface area contributed by atoms with Gasteiger partial charge in [-0.15, -0.1) is 12.3 Å². The van der Waals surface area contributed by atoms with Crippen LogP contribution in [0.4, 0.5) is 0 Å². The number of carbonyl (C=O) groups is 1. The lowest BCUT2D eigenvalue weighted by atomic mass is 9.89. The van der Waals surface area contributed by atoms with Crippen molar-refractivity contribution in [2.75, 3.05) is 0 Å². The van der Waals surface area contributed by atoms with Crippen molar-refractivity contribution in [1.29, 1.82) is 0 Å². The Balaban J connectivity index is 1.98. The van der Waals surface area contributed by atoms with E-state index in [2.05, 4.69) is 100 Å². The van der Waals surface area contributed by atoms with Crippen LogP contribution in [-0.4, -0.2) is 5.78 Å². The van der Waals surface area contributed by atoms with Crippen LogP contribution in [0, 0.1) is 6.92 Å². The highest BCUT2D eigenvalue weighted by atomic mass is 16.1. The predicted octanol–water partition coefficient (Wildman–Crippen LogP) is 9.00. The number of benzene rings is 2. The van der Waals surface area contributed by atoms with E-state index in [1.165, 1.54) is 22.3 Å². The first-order valence-electron chi connectivity index (χ1n) is 13.0. The van der Waals surface area contributed by atoms with Crippen molar-refractivity contribution in [3.63, 3.8) is 0 Å². The summed E-state index contributed by atoms with van der Waals surface area (Å²) in [5, 5.41) is 0. The molecule has 3 rings (SSSR count). The highest BCUT2D eigenvalue weighted by molar-refractivity contribution is 6.01. The molecule has 0 bridgehead atoms. The summed E-state index contributed by atoms with van der Waals surface area (Å²) in [4.78, 5) is 13.3.